The molecule has 1 aromatic heterocycles. The predicted octanol–water partition coefficient (Wildman–Crippen LogP) is -0.667. The van der Waals surface area contributed by atoms with Crippen LogP contribution in [0.15, 0.2) is 39.9 Å². The van der Waals surface area contributed by atoms with E-state index in [1.54, 1.807) is 30.3 Å². The third kappa shape index (κ3) is 3.81. The van der Waals surface area contributed by atoms with Gasteiger partial charge in [0.2, 0.25) is 0 Å². The standard InChI is InChI=1S/C13H10N2O6.K.H/c16-10-8(11(17)18)9(12(19)20)15(13(21)14-10)6-7-4-2-1-3-5-7;;/h1-5H,6H2,(H,17,18)(H,19,20)(H,14,16,21);;. The summed E-state index contributed by atoms with van der Waals surface area (Å²) in [5, 5.41) is 18.1. The second-order valence-electron chi connectivity index (χ2n) is 4.16. The number of aromatic carboxylic acids is 2. The van der Waals surface area contributed by atoms with Crippen LogP contribution >= 0.6 is 0 Å². The van der Waals surface area contributed by atoms with Crippen LogP contribution in [0.1, 0.15) is 26.4 Å². The second kappa shape index (κ2) is 7.65. The number of hydrogen-bond donors (Lipinski definition) is 3. The molecule has 0 radical (unpaired) electrons. The van der Waals surface area contributed by atoms with E-state index in [0.29, 0.717) is 10.1 Å². The van der Waals surface area contributed by atoms with Crippen molar-refractivity contribution in [3.8, 4) is 0 Å². The van der Waals surface area contributed by atoms with Crippen molar-refractivity contribution in [1.29, 1.82) is 0 Å². The van der Waals surface area contributed by atoms with Crippen LogP contribution in [0, 0.1) is 0 Å². The molecule has 0 fully saturated rings. The number of aromatic nitrogens is 2. The molecule has 0 amide bonds. The van der Waals surface area contributed by atoms with E-state index in [-0.39, 0.29) is 57.9 Å². The zero-order valence-electron chi connectivity index (χ0n) is 10.6. The first kappa shape index (κ1) is 18.5. The molecule has 1 aromatic carbocycles. The Morgan fingerprint density at radius 3 is 2.14 bits per heavy atom. The monoisotopic (exact) mass is 330 g/mol. The van der Waals surface area contributed by atoms with Crippen molar-refractivity contribution < 1.29 is 19.8 Å². The Labute approximate surface area is 165 Å². The van der Waals surface area contributed by atoms with E-state index in [1.807, 2.05) is 4.98 Å². The summed E-state index contributed by atoms with van der Waals surface area (Å²) in [5.74, 6) is -3.37. The number of carboxylic acid groups (broad SMARTS) is 2. The van der Waals surface area contributed by atoms with Crippen molar-refractivity contribution in [2.24, 2.45) is 0 Å². The van der Waals surface area contributed by atoms with Crippen molar-refractivity contribution >= 4 is 63.3 Å². The minimum absolute atomic E-state index is 0. The van der Waals surface area contributed by atoms with Crippen LogP contribution in [0.2, 0.25) is 0 Å². The fourth-order valence-electron chi connectivity index (χ4n) is 1.91. The van der Waals surface area contributed by atoms with E-state index < -0.39 is 34.4 Å². The molecule has 0 unspecified atom stereocenters. The van der Waals surface area contributed by atoms with E-state index in [4.69, 9.17) is 10.2 Å². The number of hydrogen-bond acceptors (Lipinski definition) is 4. The van der Waals surface area contributed by atoms with E-state index in [2.05, 4.69) is 0 Å². The molecule has 8 nitrogen and oxygen atoms in total. The predicted molar refractivity (Wildman–Crippen MR) is 77.9 cm³/mol. The molecule has 0 saturated heterocycles. The third-order valence-corrected chi connectivity index (χ3v) is 2.80. The van der Waals surface area contributed by atoms with Gasteiger partial charge in [0.1, 0.15) is 0 Å². The molecule has 0 aliphatic carbocycles. The molecule has 0 aliphatic heterocycles. The number of H-pyrrole nitrogens is 1. The number of carbonyl (C=O) groups is 2. The summed E-state index contributed by atoms with van der Waals surface area (Å²) in [7, 11) is 0. The fourth-order valence-corrected chi connectivity index (χ4v) is 1.91. The van der Waals surface area contributed by atoms with Gasteiger partial charge in [0.15, 0.2) is 11.3 Å². The Kier molecular flexibility index (Phi) is 6.44. The van der Waals surface area contributed by atoms with Gasteiger partial charge in [0.05, 0.1) is 6.54 Å². The molecule has 2 aromatic rings. The van der Waals surface area contributed by atoms with E-state index in [9.17, 15) is 19.2 Å². The van der Waals surface area contributed by atoms with Gasteiger partial charge < -0.3 is 10.2 Å². The van der Waals surface area contributed by atoms with Gasteiger partial charge in [-0.3, -0.25) is 14.3 Å². The summed E-state index contributed by atoms with van der Waals surface area (Å²) >= 11 is 0. The van der Waals surface area contributed by atoms with Crippen molar-refractivity contribution in [3.63, 3.8) is 0 Å². The summed E-state index contributed by atoms with van der Waals surface area (Å²) < 4.78 is 0.711. The number of nitrogens with zero attached hydrogens (tertiary/aromatic N) is 1. The second-order valence-corrected chi connectivity index (χ2v) is 4.16. The molecule has 22 heavy (non-hydrogen) atoms. The van der Waals surface area contributed by atoms with Gasteiger partial charge in [-0.15, -0.1) is 0 Å². The van der Waals surface area contributed by atoms with Crippen molar-refractivity contribution in [1.82, 2.24) is 9.55 Å². The first-order valence-electron chi connectivity index (χ1n) is 5.79. The van der Waals surface area contributed by atoms with Crippen molar-refractivity contribution in [3.05, 3.63) is 68.0 Å². The minimum atomic E-state index is -1.71. The summed E-state index contributed by atoms with van der Waals surface area (Å²) in [6.45, 7) is -0.168. The van der Waals surface area contributed by atoms with Gasteiger partial charge in [-0.05, 0) is 5.56 Å². The zero-order chi connectivity index (χ0) is 15.6. The Bertz CT molecular complexity index is 825. The number of benzene rings is 1. The summed E-state index contributed by atoms with van der Waals surface area (Å²) in [5.41, 5.74) is -3.45. The van der Waals surface area contributed by atoms with Gasteiger partial charge in [0, 0.05) is 0 Å². The van der Waals surface area contributed by atoms with Crippen molar-refractivity contribution in [2.75, 3.05) is 0 Å². The summed E-state index contributed by atoms with van der Waals surface area (Å²) in [4.78, 5) is 47.4. The molecule has 3 N–H and O–H groups in total. The molecule has 0 bridgehead atoms. The van der Waals surface area contributed by atoms with Crippen LogP contribution < -0.4 is 11.2 Å². The number of carboxylic acids is 2. The molecule has 9 heteroatoms. The van der Waals surface area contributed by atoms with Gasteiger partial charge in [-0.1, -0.05) is 30.3 Å². The third-order valence-electron chi connectivity index (χ3n) is 2.80. The topological polar surface area (TPSA) is 129 Å². The Hall–Kier alpha value is -1.52. The van der Waals surface area contributed by atoms with Crippen LogP contribution in [-0.4, -0.2) is 83.1 Å². The molecule has 0 atom stereocenters. The maximum absolute atomic E-state index is 11.8. The van der Waals surface area contributed by atoms with Gasteiger partial charge >= 0.3 is 69.0 Å². The van der Waals surface area contributed by atoms with E-state index >= 15 is 0 Å². The van der Waals surface area contributed by atoms with Crippen LogP contribution in [-0.2, 0) is 6.54 Å². The summed E-state index contributed by atoms with van der Waals surface area (Å²) in [6.07, 6.45) is 0. The van der Waals surface area contributed by atoms with E-state index in [1.165, 1.54) is 0 Å². The average Bonchev–Trinajstić information content (AvgIpc) is 2.41. The molecule has 0 aliphatic rings. The van der Waals surface area contributed by atoms with Crippen molar-refractivity contribution in [2.45, 2.75) is 6.54 Å². The number of nitrogens with one attached hydrogen (secondary N) is 1. The molecular formula is C13H11KN2O6. The molecular weight excluding hydrogens is 319 g/mol. The van der Waals surface area contributed by atoms with Crippen LogP contribution in [0.5, 0.6) is 0 Å². The van der Waals surface area contributed by atoms with Gasteiger partial charge in [-0.2, -0.15) is 0 Å². The first-order valence-corrected chi connectivity index (χ1v) is 5.79. The molecule has 1 heterocycles. The average molecular weight is 330 g/mol. The molecule has 110 valence electrons. The van der Waals surface area contributed by atoms with Crippen LogP contribution in [0.4, 0.5) is 0 Å². The van der Waals surface area contributed by atoms with Crippen LogP contribution in [0.25, 0.3) is 0 Å². The van der Waals surface area contributed by atoms with Gasteiger partial charge in [0.25, 0.3) is 5.56 Å². The summed E-state index contributed by atoms with van der Waals surface area (Å²) in [6, 6.07) is 8.39. The zero-order valence-corrected chi connectivity index (χ0v) is 10.6. The van der Waals surface area contributed by atoms with E-state index in [0.717, 1.165) is 0 Å². The SMILES string of the molecule is O=C(O)c1c(C(=O)O)n(Cc2ccccc2)c(=O)[nH]c1=O.[KH]. The van der Waals surface area contributed by atoms with Crippen LogP contribution in [0.3, 0.4) is 0 Å². The Morgan fingerprint density at radius 2 is 1.64 bits per heavy atom. The first-order chi connectivity index (χ1) is 9.91. The Balaban J connectivity index is 0.00000242. The molecule has 0 saturated carbocycles. The van der Waals surface area contributed by atoms with Gasteiger partial charge in [-0.25, -0.2) is 14.4 Å². The molecule has 0 spiro atoms. The maximum atomic E-state index is 11.8. The normalized spacial score (nSPS) is 9.82. The molecule has 2 rings (SSSR count). The number of aromatic amines is 1. The Morgan fingerprint density at radius 1 is 1.05 bits per heavy atom. The fraction of sp³-hybridized carbons (Fsp3) is 0.0769. The number of rotatable bonds is 4. The quantitative estimate of drug-likeness (QED) is 0.638.